The van der Waals surface area contributed by atoms with E-state index in [9.17, 15) is 14.4 Å². The standard InChI is InChI=1S/C20H25N3O4/c1-14-11-17(15(2)23(14)12-16-7-4-3-5-8-16)18(24)13-27-19(25)9-6-10-22-20(21)26/h3-5,7-8,11H,6,9-10,12-13H2,1-2H3,(H3,21,22,26). The van der Waals surface area contributed by atoms with Crippen LogP contribution < -0.4 is 11.1 Å². The first kappa shape index (κ1) is 20.2. The average Bonchev–Trinajstić information content (AvgIpc) is 2.92. The van der Waals surface area contributed by atoms with Crippen LogP contribution in [0.4, 0.5) is 4.79 Å². The summed E-state index contributed by atoms with van der Waals surface area (Å²) < 4.78 is 7.12. The highest BCUT2D eigenvalue weighted by molar-refractivity contribution is 5.99. The van der Waals surface area contributed by atoms with E-state index in [4.69, 9.17) is 10.5 Å². The SMILES string of the molecule is Cc1cc(C(=O)COC(=O)CCCNC(N)=O)c(C)n1Cc1ccccc1. The molecule has 0 aliphatic heterocycles. The Balaban J connectivity index is 1.90. The number of urea groups is 1. The molecule has 0 saturated heterocycles. The Morgan fingerprint density at radius 1 is 1.15 bits per heavy atom. The number of esters is 1. The fourth-order valence-electron chi connectivity index (χ4n) is 2.83. The summed E-state index contributed by atoms with van der Waals surface area (Å²) in [5, 5.41) is 2.39. The number of hydrogen-bond acceptors (Lipinski definition) is 4. The molecule has 1 aromatic carbocycles. The van der Waals surface area contributed by atoms with E-state index in [1.807, 2.05) is 50.2 Å². The molecule has 7 heteroatoms. The molecule has 1 aromatic heterocycles. The molecule has 0 saturated carbocycles. The van der Waals surface area contributed by atoms with Crippen molar-refractivity contribution in [1.82, 2.24) is 9.88 Å². The van der Waals surface area contributed by atoms with Crippen LogP contribution in [0.25, 0.3) is 0 Å². The number of aryl methyl sites for hydroxylation is 1. The summed E-state index contributed by atoms with van der Waals surface area (Å²) in [7, 11) is 0. The number of primary amides is 1. The van der Waals surface area contributed by atoms with E-state index in [1.54, 1.807) is 0 Å². The Morgan fingerprint density at radius 2 is 1.85 bits per heavy atom. The van der Waals surface area contributed by atoms with Crippen LogP contribution in [0, 0.1) is 13.8 Å². The third-order valence-corrected chi connectivity index (χ3v) is 4.28. The van der Waals surface area contributed by atoms with Gasteiger partial charge in [0, 0.05) is 36.5 Å². The van der Waals surface area contributed by atoms with Crippen molar-refractivity contribution in [3.05, 3.63) is 58.9 Å². The molecule has 0 atom stereocenters. The monoisotopic (exact) mass is 371 g/mol. The van der Waals surface area contributed by atoms with Gasteiger partial charge in [-0.3, -0.25) is 9.59 Å². The summed E-state index contributed by atoms with van der Waals surface area (Å²) in [4.78, 5) is 34.7. The zero-order chi connectivity index (χ0) is 19.8. The van der Waals surface area contributed by atoms with Crippen molar-refractivity contribution >= 4 is 17.8 Å². The molecule has 2 rings (SSSR count). The normalized spacial score (nSPS) is 10.4. The molecule has 2 aromatic rings. The van der Waals surface area contributed by atoms with Gasteiger partial charge >= 0.3 is 12.0 Å². The zero-order valence-electron chi connectivity index (χ0n) is 15.7. The average molecular weight is 371 g/mol. The lowest BCUT2D eigenvalue weighted by atomic mass is 10.1. The second-order valence-corrected chi connectivity index (χ2v) is 6.33. The number of aromatic nitrogens is 1. The lowest BCUT2D eigenvalue weighted by molar-refractivity contribution is -0.142. The highest BCUT2D eigenvalue weighted by Crippen LogP contribution is 2.18. The number of ketones is 1. The van der Waals surface area contributed by atoms with Gasteiger partial charge in [0.2, 0.25) is 5.78 Å². The van der Waals surface area contributed by atoms with Gasteiger partial charge in [-0.15, -0.1) is 0 Å². The second kappa shape index (κ2) is 9.56. The number of ether oxygens (including phenoxy) is 1. The summed E-state index contributed by atoms with van der Waals surface area (Å²) in [6, 6.07) is 11.2. The lowest BCUT2D eigenvalue weighted by Crippen LogP contribution is -2.30. The zero-order valence-corrected chi connectivity index (χ0v) is 15.7. The van der Waals surface area contributed by atoms with Crippen molar-refractivity contribution in [3.8, 4) is 0 Å². The fourth-order valence-corrected chi connectivity index (χ4v) is 2.83. The maximum Gasteiger partial charge on any atom is 0.312 e. The first-order chi connectivity index (χ1) is 12.9. The maximum absolute atomic E-state index is 12.4. The number of nitrogens with zero attached hydrogens (tertiary/aromatic N) is 1. The number of rotatable bonds is 9. The van der Waals surface area contributed by atoms with E-state index in [-0.39, 0.29) is 18.8 Å². The van der Waals surface area contributed by atoms with Gasteiger partial charge in [-0.2, -0.15) is 0 Å². The molecule has 0 unspecified atom stereocenters. The summed E-state index contributed by atoms with van der Waals surface area (Å²) in [6.07, 6.45) is 0.516. The summed E-state index contributed by atoms with van der Waals surface area (Å²) >= 11 is 0. The number of amides is 2. The van der Waals surface area contributed by atoms with Crippen LogP contribution in [0.15, 0.2) is 36.4 Å². The minimum atomic E-state index is -0.635. The highest BCUT2D eigenvalue weighted by Gasteiger charge is 2.17. The predicted molar refractivity (Wildman–Crippen MR) is 102 cm³/mol. The van der Waals surface area contributed by atoms with E-state index >= 15 is 0 Å². The number of hydrogen-bond donors (Lipinski definition) is 2. The minimum absolute atomic E-state index is 0.112. The van der Waals surface area contributed by atoms with Gasteiger partial charge in [-0.05, 0) is 31.9 Å². The Morgan fingerprint density at radius 3 is 2.52 bits per heavy atom. The molecule has 2 amide bonds. The molecule has 0 aliphatic rings. The molecule has 3 N–H and O–H groups in total. The molecule has 144 valence electrons. The van der Waals surface area contributed by atoms with E-state index in [2.05, 4.69) is 9.88 Å². The smallest absolute Gasteiger partial charge is 0.312 e. The molecule has 7 nitrogen and oxygen atoms in total. The molecule has 1 heterocycles. The quantitative estimate of drug-likeness (QED) is 0.401. The number of benzene rings is 1. The van der Waals surface area contributed by atoms with Crippen molar-refractivity contribution in [2.24, 2.45) is 5.73 Å². The van der Waals surface area contributed by atoms with Crippen molar-refractivity contribution in [1.29, 1.82) is 0 Å². The van der Waals surface area contributed by atoms with E-state index in [0.717, 1.165) is 17.0 Å². The van der Waals surface area contributed by atoms with Crippen LogP contribution in [0.1, 0.15) is 40.2 Å². The predicted octanol–water partition coefficient (Wildman–Crippen LogP) is 2.33. The lowest BCUT2D eigenvalue weighted by Gasteiger charge is -2.10. The molecule has 0 aliphatic carbocycles. The summed E-state index contributed by atoms with van der Waals surface area (Å²) in [5.74, 6) is -0.710. The van der Waals surface area contributed by atoms with Crippen LogP contribution in [-0.2, 0) is 16.1 Å². The van der Waals surface area contributed by atoms with Crippen LogP contribution in [0.2, 0.25) is 0 Å². The Bertz CT molecular complexity index is 812. The molecule has 0 radical (unpaired) electrons. The van der Waals surface area contributed by atoms with Crippen molar-refractivity contribution in [2.45, 2.75) is 33.2 Å². The van der Waals surface area contributed by atoms with E-state index in [0.29, 0.717) is 25.1 Å². The number of carbonyl (C=O) groups is 3. The number of nitrogens with one attached hydrogen (secondary N) is 1. The Hall–Kier alpha value is -3.09. The van der Waals surface area contributed by atoms with Gasteiger partial charge in [0.25, 0.3) is 0 Å². The first-order valence-electron chi connectivity index (χ1n) is 8.81. The largest absolute Gasteiger partial charge is 0.457 e. The van der Waals surface area contributed by atoms with Crippen LogP contribution >= 0.6 is 0 Å². The second-order valence-electron chi connectivity index (χ2n) is 6.33. The van der Waals surface area contributed by atoms with Crippen LogP contribution in [-0.4, -0.2) is 35.5 Å². The van der Waals surface area contributed by atoms with Gasteiger partial charge < -0.3 is 20.4 Å². The third kappa shape index (κ3) is 5.99. The summed E-state index contributed by atoms with van der Waals surface area (Å²) in [5.41, 5.74) is 8.47. The van der Waals surface area contributed by atoms with Gasteiger partial charge in [-0.25, -0.2) is 4.79 Å². The topological polar surface area (TPSA) is 103 Å². The number of Topliss-reactive ketones (excluding diaryl/α,β-unsaturated/α-hetero) is 1. The number of carbonyl (C=O) groups excluding carboxylic acids is 3. The van der Waals surface area contributed by atoms with Crippen LogP contribution in [0.5, 0.6) is 0 Å². The fraction of sp³-hybridized carbons (Fsp3) is 0.350. The van der Waals surface area contributed by atoms with Crippen molar-refractivity contribution in [3.63, 3.8) is 0 Å². The van der Waals surface area contributed by atoms with Crippen molar-refractivity contribution < 1.29 is 19.1 Å². The minimum Gasteiger partial charge on any atom is -0.457 e. The first-order valence-corrected chi connectivity index (χ1v) is 8.81. The molecule has 0 bridgehead atoms. The molecular formula is C20H25N3O4. The van der Waals surface area contributed by atoms with Crippen molar-refractivity contribution in [2.75, 3.05) is 13.2 Å². The number of nitrogens with two attached hydrogens (primary N) is 1. The molecule has 27 heavy (non-hydrogen) atoms. The third-order valence-electron chi connectivity index (χ3n) is 4.28. The van der Waals surface area contributed by atoms with E-state index < -0.39 is 12.0 Å². The van der Waals surface area contributed by atoms with Gasteiger partial charge in [-0.1, -0.05) is 30.3 Å². The van der Waals surface area contributed by atoms with E-state index in [1.165, 1.54) is 0 Å². The molecular weight excluding hydrogens is 346 g/mol. The molecule has 0 spiro atoms. The van der Waals surface area contributed by atoms with Crippen LogP contribution in [0.3, 0.4) is 0 Å². The van der Waals surface area contributed by atoms with Gasteiger partial charge in [0.05, 0.1) is 0 Å². The van der Waals surface area contributed by atoms with Gasteiger partial charge in [0.15, 0.2) is 6.61 Å². The summed E-state index contributed by atoms with van der Waals surface area (Å²) in [6.45, 7) is 4.51. The molecule has 0 fully saturated rings. The highest BCUT2D eigenvalue weighted by atomic mass is 16.5. The van der Waals surface area contributed by atoms with Gasteiger partial charge in [0.1, 0.15) is 0 Å². The Kier molecular flexibility index (Phi) is 7.16. The maximum atomic E-state index is 12.4. The Labute approximate surface area is 158 Å².